The molecule has 14 heavy (non-hydrogen) atoms. The van der Waals surface area contributed by atoms with Gasteiger partial charge in [-0.15, -0.1) is 3.98 Å². The van der Waals surface area contributed by atoms with E-state index < -0.39 is 13.9 Å². The van der Waals surface area contributed by atoms with Gasteiger partial charge in [0.25, 0.3) is 0 Å². The van der Waals surface area contributed by atoms with Gasteiger partial charge in [0.15, 0.2) is 5.85 Å². The van der Waals surface area contributed by atoms with Crippen LogP contribution in [0.3, 0.4) is 0 Å². The third kappa shape index (κ3) is 6.61. The Bertz CT molecular complexity index is 262. The Hall–Kier alpha value is 1.16. The van der Waals surface area contributed by atoms with E-state index in [-0.39, 0.29) is 48.9 Å². The minimum absolute atomic E-state index is 0. The van der Waals surface area contributed by atoms with Gasteiger partial charge < -0.3 is 10.00 Å². The van der Waals surface area contributed by atoms with Gasteiger partial charge in [0.1, 0.15) is 12.0 Å². The maximum absolute atomic E-state index is 10.4. The van der Waals surface area contributed by atoms with Gasteiger partial charge in [-0.05, 0) is 5.56 Å². The normalized spacial score (nSPS) is 12.9. The van der Waals surface area contributed by atoms with Crippen LogP contribution in [0.15, 0.2) is 30.3 Å². The summed E-state index contributed by atoms with van der Waals surface area (Å²) in [5.41, 5.74) is 0.485. The summed E-state index contributed by atoms with van der Waals surface area (Å²) in [6.45, 7) is 0. The number of aliphatic hydroxyl groups excluding tert-OH is 1. The van der Waals surface area contributed by atoms with E-state index in [2.05, 4.69) is 12.0 Å². The molecule has 0 fully saturated rings. The number of hydrogen-bond acceptors (Lipinski definition) is 2. The first-order chi connectivity index (χ1) is 6.22. The molecule has 0 aliphatic carbocycles. The Balaban J connectivity index is 0. The van der Waals surface area contributed by atoms with Crippen molar-refractivity contribution in [1.29, 1.82) is 0 Å². The minimum atomic E-state index is -2.86. The van der Waals surface area contributed by atoms with E-state index in [0.29, 0.717) is 5.56 Å². The number of hydrogen-bond donors (Lipinski definition) is 2. The van der Waals surface area contributed by atoms with E-state index in [1.54, 1.807) is 30.3 Å². The molecule has 3 nitrogen and oxygen atoms in total. The summed E-state index contributed by atoms with van der Waals surface area (Å²) in [4.78, 5) is 8.57. The molecule has 0 radical (unpaired) electrons. The molecular formula is C7H11BaClFO3P. The van der Waals surface area contributed by atoms with Crippen molar-refractivity contribution in [2.24, 2.45) is 0 Å². The molecule has 0 heterocycles. The third-order valence-corrected chi connectivity index (χ3v) is 2.15. The summed E-state index contributed by atoms with van der Waals surface area (Å²) < 4.78 is 19.4. The molecule has 1 aromatic rings. The van der Waals surface area contributed by atoms with Crippen molar-refractivity contribution in [3.8, 4) is 0 Å². The molecule has 0 aliphatic rings. The van der Waals surface area contributed by atoms with Crippen LogP contribution in [0.2, 0.25) is 0 Å². The molecule has 0 aromatic heterocycles. The first kappa shape index (κ1) is 17.6. The van der Waals surface area contributed by atoms with Crippen LogP contribution < -0.4 is 0 Å². The zero-order chi connectivity index (χ0) is 10.3. The van der Waals surface area contributed by atoms with Gasteiger partial charge in [-0.3, -0.25) is 4.57 Å². The number of rotatable bonds is 2. The monoisotopic (exact) mass is 366 g/mol. The van der Waals surface area contributed by atoms with E-state index in [9.17, 15) is 4.57 Å². The molecule has 2 atom stereocenters. The van der Waals surface area contributed by atoms with Gasteiger partial charge in [0.2, 0.25) is 8.03 Å². The molecule has 0 amide bonds. The molecular weight excluding hydrogens is 355 g/mol. The molecule has 7 heteroatoms. The van der Waals surface area contributed by atoms with E-state index >= 15 is 0 Å². The standard InChI is InChI=1S/C7H9O3P.Ba.ClF.2H/c8-7(11(9)10)6-4-2-1-3-5-6;;1-2;;/h1-5,7-8,11H,(H,9,10);;;;. The van der Waals surface area contributed by atoms with Crippen molar-refractivity contribution in [3.05, 3.63) is 35.9 Å². The summed E-state index contributed by atoms with van der Waals surface area (Å²) >= 11 is 3.14. The average Bonchev–Trinajstić information content (AvgIpc) is 2.21. The number of benzene rings is 1. The second-order valence-electron chi connectivity index (χ2n) is 2.15. The Morgan fingerprint density at radius 1 is 1.29 bits per heavy atom. The Kier molecular flexibility index (Phi) is 13.4. The van der Waals surface area contributed by atoms with Gasteiger partial charge in [0, 0.05) is 0 Å². The van der Waals surface area contributed by atoms with Crippen LogP contribution in [0.5, 0.6) is 0 Å². The van der Waals surface area contributed by atoms with E-state index in [0.717, 1.165) is 0 Å². The quantitative estimate of drug-likeness (QED) is 0.614. The second-order valence-corrected chi connectivity index (χ2v) is 3.37. The van der Waals surface area contributed by atoms with Gasteiger partial charge in [0.05, 0.1) is 0 Å². The second kappa shape index (κ2) is 10.7. The first-order valence-electron chi connectivity index (χ1n) is 3.32. The predicted molar refractivity (Wildman–Crippen MR) is 58.1 cm³/mol. The molecule has 78 valence electrons. The Morgan fingerprint density at radius 3 is 2.07 bits per heavy atom. The summed E-state index contributed by atoms with van der Waals surface area (Å²) in [5, 5.41) is 9.08. The molecule has 0 aliphatic heterocycles. The van der Waals surface area contributed by atoms with Crippen LogP contribution in [0, 0.1) is 0 Å². The molecule has 0 bridgehead atoms. The van der Waals surface area contributed by atoms with Crippen LogP contribution in [0.1, 0.15) is 11.4 Å². The SMILES string of the molecule is FCl.O=[PH](O)C(O)c1ccccc1.[BaH2]. The van der Waals surface area contributed by atoms with Crippen molar-refractivity contribution in [3.63, 3.8) is 0 Å². The molecule has 0 spiro atoms. The molecule has 1 rings (SSSR count). The zero-order valence-electron chi connectivity index (χ0n) is 6.52. The van der Waals surface area contributed by atoms with Crippen LogP contribution in [-0.4, -0.2) is 58.9 Å². The number of aliphatic hydroxyl groups is 1. The third-order valence-electron chi connectivity index (χ3n) is 1.35. The van der Waals surface area contributed by atoms with Crippen molar-refractivity contribution in [2.75, 3.05) is 0 Å². The maximum atomic E-state index is 10.4. The summed E-state index contributed by atoms with van der Waals surface area (Å²) in [6.07, 6.45) is 0. The number of halogens is 2. The predicted octanol–water partition coefficient (Wildman–Crippen LogP) is 1.34. The average molecular weight is 366 g/mol. The molecule has 0 saturated heterocycles. The first-order valence-corrected chi connectivity index (χ1v) is 5.04. The molecule has 0 saturated carbocycles. The summed E-state index contributed by atoms with van der Waals surface area (Å²) in [5.74, 6) is -1.22. The van der Waals surface area contributed by atoms with Crippen molar-refractivity contribution in [2.45, 2.75) is 5.85 Å². The van der Waals surface area contributed by atoms with Gasteiger partial charge in [-0.2, -0.15) is 0 Å². The fraction of sp³-hybridized carbons (Fsp3) is 0.143. The fourth-order valence-electron chi connectivity index (χ4n) is 0.778. The summed E-state index contributed by atoms with van der Waals surface area (Å²) in [7, 11) is -2.86. The fourth-order valence-corrected chi connectivity index (χ4v) is 1.26. The molecule has 1 aromatic carbocycles. The van der Waals surface area contributed by atoms with Gasteiger partial charge in [-0.25, -0.2) is 0 Å². The van der Waals surface area contributed by atoms with Crippen LogP contribution in [0.4, 0.5) is 3.98 Å². The molecule has 2 N–H and O–H groups in total. The zero-order valence-corrected chi connectivity index (χ0v) is 8.28. The van der Waals surface area contributed by atoms with Gasteiger partial charge in [-0.1, -0.05) is 30.3 Å². The van der Waals surface area contributed by atoms with Gasteiger partial charge >= 0.3 is 48.9 Å². The Labute approximate surface area is 127 Å². The van der Waals surface area contributed by atoms with E-state index in [4.69, 9.17) is 14.0 Å². The van der Waals surface area contributed by atoms with E-state index in [1.807, 2.05) is 0 Å². The van der Waals surface area contributed by atoms with Crippen LogP contribution >= 0.6 is 20.0 Å². The topological polar surface area (TPSA) is 57.5 Å². The van der Waals surface area contributed by atoms with Crippen LogP contribution in [0.25, 0.3) is 0 Å². The van der Waals surface area contributed by atoms with Crippen molar-refractivity contribution in [1.82, 2.24) is 0 Å². The van der Waals surface area contributed by atoms with Crippen molar-refractivity contribution >= 4 is 68.9 Å². The Morgan fingerprint density at radius 2 is 1.71 bits per heavy atom. The summed E-state index contributed by atoms with van der Waals surface area (Å²) in [6, 6.07) is 8.43. The molecule has 2 unspecified atom stereocenters. The van der Waals surface area contributed by atoms with Crippen molar-refractivity contribution < 1.29 is 18.5 Å². The van der Waals surface area contributed by atoms with E-state index in [1.165, 1.54) is 0 Å². The van der Waals surface area contributed by atoms with Crippen LogP contribution in [-0.2, 0) is 4.57 Å².